The van der Waals surface area contributed by atoms with E-state index in [1.54, 1.807) is 12.3 Å². The van der Waals surface area contributed by atoms with Gasteiger partial charge in [-0.05, 0) is 31.0 Å². The number of anilines is 1. The van der Waals surface area contributed by atoms with E-state index in [1.807, 2.05) is 10.7 Å². The van der Waals surface area contributed by atoms with Crippen molar-refractivity contribution in [2.24, 2.45) is 0 Å². The first-order valence-electron chi connectivity index (χ1n) is 7.27. The molecule has 0 radical (unpaired) electrons. The van der Waals surface area contributed by atoms with Gasteiger partial charge in [-0.15, -0.1) is 0 Å². The smallest absolute Gasteiger partial charge is 0.141 e. The number of halogens is 1. The third-order valence-electron chi connectivity index (χ3n) is 4.01. The van der Waals surface area contributed by atoms with E-state index in [1.165, 1.54) is 18.0 Å². The molecule has 2 aromatic rings. The number of aliphatic hydroxyl groups is 1. The van der Waals surface area contributed by atoms with Crippen LogP contribution in [0.4, 0.5) is 10.2 Å². The topological polar surface area (TPSA) is 54.2 Å². The normalized spacial score (nSPS) is 16.4. The van der Waals surface area contributed by atoms with E-state index in [-0.39, 0.29) is 12.4 Å². The van der Waals surface area contributed by atoms with Gasteiger partial charge in [0.25, 0.3) is 0 Å². The Morgan fingerprint density at radius 3 is 2.71 bits per heavy atom. The molecule has 0 unspecified atom stereocenters. The summed E-state index contributed by atoms with van der Waals surface area (Å²) in [5.74, 6) is 0.982. The van der Waals surface area contributed by atoms with Gasteiger partial charge >= 0.3 is 0 Å². The van der Waals surface area contributed by atoms with Crippen molar-refractivity contribution in [3.8, 4) is 0 Å². The largest absolute Gasteiger partial charge is 0.394 e. The maximum absolute atomic E-state index is 12.9. The highest BCUT2D eigenvalue weighted by molar-refractivity contribution is 5.38. The molecule has 21 heavy (non-hydrogen) atoms. The summed E-state index contributed by atoms with van der Waals surface area (Å²) in [5.41, 5.74) is 1.19. The zero-order valence-electron chi connectivity index (χ0n) is 11.8. The quantitative estimate of drug-likeness (QED) is 0.933. The van der Waals surface area contributed by atoms with Gasteiger partial charge in [-0.25, -0.2) is 9.37 Å². The lowest BCUT2D eigenvalue weighted by molar-refractivity contribution is 0.265. The molecule has 1 aliphatic heterocycles. The molecular weight excluding hydrogens is 271 g/mol. The molecule has 1 saturated heterocycles. The van der Waals surface area contributed by atoms with Crippen molar-refractivity contribution >= 4 is 5.82 Å². The molecule has 6 heteroatoms. The molecule has 2 aromatic heterocycles. The number of hydrogen-bond acceptors (Lipinski definition) is 4. The number of hydrogen-bond donors (Lipinski definition) is 1. The predicted octanol–water partition coefficient (Wildman–Crippen LogP) is 1.79. The highest BCUT2D eigenvalue weighted by Crippen LogP contribution is 2.29. The number of rotatable bonds is 4. The zero-order valence-corrected chi connectivity index (χ0v) is 11.8. The summed E-state index contributed by atoms with van der Waals surface area (Å²) < 4.78 is 14.8. The van der Waals surface area contributed by atoms with Crippen molar-refractivity contribution in [1.82, 2.24) is 14.8 Å². The molecule has 5 nitrogen and oxygen atoms in total. The molecular formula is C15H19FN4O. The molecule has 1 fully saturated rings. The van der Waals surface area contributed by atoms with E-state index in [0.717, 1.165) is 31.7 Å². The Balaban J connectivity index is 1.64. The Morgan fingerprint density at radius 2 is 2.05 bits per heavy atom. The number of aromatic nitrogens is 3. The molecule has 3 heterocycles. The van der Waals surface area contributed by atoms with Crippen LogP contribution in [0.2, 0.25) is 0 Å². The minimum absolute atomic E-state index is 0.104. The van der Waals surface area contributed by atoms with Gasteiger partial charge in [0, 0.05) is 30.9 Å². The number of piperidine rings is 1. The molecule has 1 aliphatic rings. The summed E-state index contributed by atoms with van der Waals surface area (Å²) in [6, 6.07) is 5.21. The Hall–Kier alpha value is -1.95. The summed E-state index contributed by atoms with van der Waals surface area (Å²) in [4.78, 5) is 6.32. The Morgan fingerprint density at radius 1 is 1.24 bits per heavy atom. The van der Waals surface area contributed by atoms with Crippen molar-refractivity contribution in [3.63, 3.8) is 0 Å². The van der Waals surface area contributed by atoms with Crippen LogP contribution < -0.4 is 4.90 Å². The summed E-state index contributed by atoms with van der Waals surface area (Å²) in [6.07, 6.45) is 5.07. The second-order valence-corrected chi connectivity index (χ2v) is 5.30. The van der Waals surface area contributed by atoms with E-state index < -0.39 is 0 Å². The van der Waals surface area contributed by atoms with Gasteiger partial charge in [0.15, 0.2) is 0 Å². The molecule has 0 bridgehead atoms. The van der Waals surface area contributed by atoms with E-state index >= 15 is 0 Å². The van der Waals surface area contributed by atoms with Crippen LogP contribution in [0.3, 0.4) is 0 Å². The molecule has 3 rings (SSSR count). The van der Waals surface area contributed by atoms with Crippen LogP contribution >= 0.6 is 0 Å². The molecule has 0 aromatic carbocycles. The highest BCUT2D eigenvalue weighted by atomic mass is 19.1. The summed E-state index contributed by atoms with van der Waals surface area (Å²) in [7, 11) is 0. The van der Waals surface area contributed by atoms with Crippen LogP contribution in [-0.4, -0.2) is 39.6 Å². The maximum Gasteiger partial charge on any atom is 0.141 e. The monoisotopic (exact) mass is 290 g/mol. The standard InChI is InChI=1S/C15H19FN4O/c16-13-1-2-15(17-11-13)19-7-4-12(5-8-19)14-3-6-18-20(14)9-10-21/h1-3,6,11-12,21H,4-5,7-10H2. The summed E-state index contributed by atoms with van der Waals surface area (Å²) >= 11 is 0. The summed E-state index contributed by atoms with van der Waals surface area (Å²) in [6.45, 7) is 2.44. The van der Waals surface area contributed by atoms with Crippen molar-refractivity contribution < 1.29 is 9.50 Å². The fourth-order valence-corrected chi connectivity index (χ4v) is 2.93. The Labute approximate surface area is 123 Å². The Kier molecular flexibility index (Phi) is 4.15. The number of nitrogens with zero attached hydrogens (tertiary/aromatic N) is 4. The van der Waals surface area contributed by atoms with Crippen molar-refractivity contribution in [2.75, 3.05) is 24.6 Å². The third-order valence-corrected chi connectivity index (χ3v) is 4.01. The van der Waals surface area contributed by atoms with E-state index in [9.17, 15) is 4.39 Å². The Bertz CT molecular complexity index is 576. The van der Waals surface area contributed by atoms with E-state index in [4.69, 9.17) is 5.11 Å². The van der Waals surface area contributed by atoms with Crippen LogP contribution in [0.5, 0.6) is 0 Å². The van der Waals surface area contributed by atoms with Gasteiger partial charge in [-0.3, -0.25) is 4.68 Å². The van der Waals surface area contributed by atoms with Gasteiger partial charge < -0.3 is 10.0 Å². The van der Waals surface area contributed by atoms with Gasteiger partial charge in [0.1, 0.15) is 11.6 Å². The zero-order chi connectivity index (χ0) is 14.7. The van der Waals surface area contributed by atoms with Crippen LogP contribution in [-0.2, 0) is 6.54 Å². The fraction of sp³-hybridized carbons (Fsp3) is 0.467. The van der Waals surface area contributed by atoms with Gasteiger partial charge in [-0.2, -0.15) is 5.10 Å². The molecule has 0 amide bonds. The lowest BCUT2D eigenvalue weighted by Gasteiger charge is -2.33. The number of aliphatic hydroxyl groups excluding tert-OH is 1. The van der Waals surface area contributed by atoms with Gasteiger partial charge in [0.2, 0.25) is 0 Å². The predicted molar refractivity (Wildman–Crippen MR) is 77.7 cm³/mol. The van der Waals surface area contributed by atoms with Crippen LogP contribution in [0, 0.1) is 5.82 Å². The minimum Gasteiger partial charge on any atom is -0.394 e. The van der Waals surface area contributed by atoms with E-state index in [2.05, 4.69) is 15.0 Å². The molecule has 0 aliphatic carbocycles. The highest BCUT2D eigenvalue weighted by Gasteiger charge is 2.23. The van der Waals surface area contributed by atoms with Crippen molar-refractivity contribution in [1.29, 1.82) is 0 Å². The second-order valence-electron chi connectivity index (χ2n) is 5.30. The second kappa shape index (κ2) is 6.22. The number of pyridine rings is 1. The first-order chi connectivity index (χ1) is 10.3. The van der Waals surface area contributed by atoms with E-state index in [0.29, 0.717) is 12.5 Å². The lowest BCUT2D eigenvalue weighted by atomic mass is 9.93. The molecule has 0 saturated carbocycles. The van der Waals surface area contributed by atoms with Crippen LogP contribution in [0.15, 0.2) is 30.6 Å². The SMILES string of the molecule is OCCn1nccc1C1CCN(c2ccc(F)cn2)CC1. The fourth-order valence-electron chi connectivity index (χ4n) is 2.93. The van der Waals surface area contributed by atoms with Gasteiger partial charge in [0.05, 0.1) is 19.3 Å². The van der Waals surface area contributed by atoms with Crippen LogP contribution in [0.25, 0.3) is 0 Å². The lowest BCUT2D eigenvalue weighted by Crippen LogP contribution is -2.34. The van der Waals surface area contributed by atoms with Crippen molar-refractivity contribution in [2.45, 2.75) is 25.3 Å². The van der Waals surface area contributed by atoms with Gasteiger partial charge in [-0.1, -0.05) is 0 Å². The molecule has 112 valence electrons. The maximum atomic E-state index is 12.9. The average molecular weight is 290 g/mol. The molecule has 1 N–H and O–H groups in total. The minimum atomic E-state index is -0.304. The summed E-state index contributed by atoms with van der Waals surface area (Å²) in [5, 5.41) is 13.3. The third kappa shape index (κ3) is 3.05. The first-order valence-corrected chi connectivity index (χ1v) is 7.27. The molecule has 0 spiro atoms. The van der Waals surface area contributed by atoms with Crippen LogP contribution in [0.1, 0.15) is 24.5 Å². The first kappa shape index (κ1) is 14.0. The molecule has 0 atom stereocenters. The van der Waals surface area contributed by atoms with Crippen molar-refractivity contribution in [3.05, 3.63) is 42.1 Å². The average Bonchev–Trinajstić information content (AvgIpc) is 2.97.